The van der Waals surface area contributed by atoms with Gasteiger partial charge in [0.05, 0.1) is 4.92 Å². The predicted molar refractivity (Wildman–Crippen MR) is 127 cm³/mol. The molecule has 0 spiro atoms. The highest BCUT2D eigenvalue weighted by Gasteiger charge is 2.24. The Bertz CT molecular complexity index is 798. The first-order chi connectivity index (χ1) is 13.7. The molecule has 2 aromatic rings. The van der Waals surface area contributed by atoms with Crippen molar-refractivity contribution in [1.82, 2.24) is 15.5 Å². The third kappa shape index (κ3) is 6.97. The van der Waals surface area contributed by atoms with E-state index in [0.717, 1.165) is 31.2 Å². The molecule has 0 aromatic heterocycles. The van der Waals surface area contributed by atoms with Crippen LogP contribution in [0.25, 0.3) is 0 Å². The number of guanidine groups is 1. The van der Waals surface area contributed by atoms with Crippen molar-refractivity contribution in [1.29, 1.82) is 0 Å². The van der Waals surface area contributed by atoms with Crippen LogP contribution in [0.4, 0.5) is 5.69 Å². The van der Waals surface area contributed by atoms with Crippen LogP contribution in [-0.4, -0.2) is 42.0 Å². The summed E-state index contributed by atoms with van der Waals surface area (Å²) in [4.78, 5) is 17.2. The number of nitro benzene ring substituents is 1. The van der Waals surface area contributed by atoms with Crippen molar-refractivity contribution in [2.45, 2.75) is 32.0 Å². The van der Waals surface area contributed by atoms with E-state index in [2.05, 4.69) is 44.8 Å². The smallest absolute Gasteiger partial charge is 0.269 e. The summed E-state index contributed by atoms with van der Waals surface area (Å²) in [6.45, 7) is 3.50. The van der Waals surface area contributed by atoms with Crippen LogP contribution >= 0.6 is 24.0 Å². The van der Waals surface area contributed by atoms with Gasteiger partial charge in [-0.25, -0.2) is 0 Å². The fourth-order valence-electron chi connectivity index (χ4n) is 3.51. The molecule has 1 saturated heterocycles. The number of halogens is 1. The van der Waals surface area contributed by atoms with Crippen LogP contribution in [0.5, 0.6) is 0 Å². The average Bonchev–Trinajstić information content (AvgIpc) is 3.16. The average molecular weight is 509 g/mol. The van der Waals surface area contributed by atoms with Gasteiger partial charge in [-0.2, -0.15) is 0 Å². The Labute approximate surface area is 188 Å². The van der Waals surface area contributed by atoms with Crippen molar-refractivity contribution < 1.29 is 4.92 Å². The summed E-state index contributed by atoms with van der Waals surface area (Å²) >= 11 is 0. The third-order valence-corrected chi connectivity index (χ3v) is 5.06. The van der Waals surface area contributed by atoms with Crippen molar-refractivity contribution in [2.24, 2.45) is 4.99 Å². The van der Waals surface area contributed by atoms with Gasteiger partial charge in [0.15, 0.2) is 5.96 Å². The van der Waals surface area contributed by atoms with Gasteiger partial charge in [-0.15, -0.1) is 24.0 Å². The largest absolute Gasteiger partial charge is 0.355 e. The summed E-state index contributed by atoms with van der Waals surface area (Å²) in [5.74, 6) is 0.741. The topological polar surface area (TPSA) is 82.8 Å². The minimum atomic E-state index is -0.388. The Morgan fingerprint density at radius 2 is 1.86 bits per heavy atom. The zero-order valence-corrected chi connectivity index (χ0v) is 18.9. The summed E-state index contributed by atoms with van der Waals surface area (Å²) in [5.41, 5.74) is 2.42. The molecule has 156 valence electrons. The number of likely N-dealkylation sites (tertiary alicyclic amines) is 1. The normalized spacial score (nSPS) is 16.9. The van der Waals surface area contributed by atoms with Crippen molar-refractivity contribution in [2.75, 3.05) is 20.1 Å². The molecule has 2 N–H and O–H groups in total. The molecule has 2 aromatic carbocycles. The predicted octanol–water partition coefficient (Wildman–Crippen LogP) is 3.54. The van der Waals surface area contributed by atoms with E-state index in [0.29, 0.717) is 12.6 Å². The van der Waals surface area contributed by atoms with E-state index in [1.165, 1.54) is 30.5 Å². The molecule has 1 fully saturated rings. The maximum Gasteiger partial charge on any atom is 0.269 e. The summed E-state index contributed by atoms with van der Waals surface area (Å²) < 4.78 is 0. The van der Waals surface area contributed by atoms with Crippen LogP contribution in [-0.2, 0) is 13.1 Å². The molecule has 29 heavy (non-hydrogen) atoms. The molecule has 7 nitrogen and oxygen atoms in total. The molecule has 1 atom stereocenters. The highest BCUT2D eigenvalue weighted by molar-refractivity contribution is 14.0. The number of hydrogen-bond acceptors (Lipinski definition) is 4. The maximum absolute atomic E-state index is 10.7. The van der Waals surface area contributed by atoms with Gasteiger partial charge in [0.25, 0.3) is 5.69 Å². The molecular formula is C21H28IN5O2. The summed E-state index contributed by atoms with van der Waals surface area (Å²) in [5, 5.41) is 17.4. The number of rotatable bonds is 7. The zero-order chi connectivity index (χ0) is 19.8. The molecule has 1 heterocycles. The molecule has 8 heteroatoms. The molecule has 0 amide bonds. The van der Waals surface area contributed by atoms with Gasteiger partial charge in [0.1, 0.15) is 0 Å². The molecular weight excluding hydrogens is 481 g/mol. The quantitative estimate of drug-likeness (QED) is 0.196. The number of benzene rings is 2. The summed E-state index contributed by atoms with van der Waals surface area (Å²) in [6.07, 6.45) is 2.40. The molecule has 1 aliphatic heterocycles. The van der Waals surface area contributed by atoms with Crippen molar-refractivity contribution in [3.8, 4) is 0 Å². The van der Waals surface area contributed by atoms with Gasteiger partial charge in [0.2, 0.25) is 0 Å². The van der Waals surface area contributed by atoms with Crippen LogP contribution in [0.15, 0.2) is 59.6 Å². The Balaban J connectivity index is 0.00000300. The van der Waals surface area contributed by atoms with Crippen molar-refractivity contribution >= 4 is 35.6 Å². The SMILES string of the molecule is CN=C(NCc1ccc([N+](=O)[O-])cc1)NCC1CCCN1Cc1ccccc1.I. The zero-order valence-electron chi connectivity index (χ0n) is 16.6. The minimum Gasteiger partial charge on any atom is -0.355 e. The van der Waals surface area contributed by atoms with Crippen LogP contribution < -0.4 is 10.6 Å². The Morgan fingerprint density at radius 1 is 1.14 bits per heavy atom. The number of aliphatic imine (C=N–C) groups is 1. The van der Waals surface area contributed by atoms with Gasteiger partial charge in [-0.1, -0.05) is 42.5 Å². The van der Waals surface area contributed by atoms with Gasteiger partial charge >= 0.3 is 0 Å². The van der Waals surface area contributed by atoms with E-state index >= 15 is 0 Å². The number of nitrogens with one attached hydrogen (secondary N) is 2. The molecule has 0 saturated carbocycles. The highest BCUT2D eigenvalue weighted by Crippen LogP contribution is 2.19. The molecule has 0 aliphatic carbocycles. The second-order valence-electron chi connectivity index (χ2n) is 6.98. The molecule has 1 aliphatic rings. The van der Waals surface area contributed by atoms with Crippen LogP contribution in [0.2, 0.25) is 0 Å². The highest BCUT2D eigenvalue weighted by atomic mass is 127. The summed E-state index contributed by atoms with van der Waals surface area (Å²) in [6, 6.07) is 17.6. The first kappa shape index (κ1) is 23.1. The van der Waals surface area contributed by atoms with E-state index in [-0.39, 0.29) is 34.6 Å². The first-order valence-corrected chi connectivity index (χ1v) is 9.61. The fraction of sp³-hybridized carbons (Fsp3) is 0.381. The van der Waals surface area contributed by atoms with E-state index in [1.54, 1.807) is 19.2 Å². The van der Waals surface area contributed by atoms with Crippen LogP contribution in [0.3, 0.4) is 0 Å². The van der Waals surface area contributed by atoms with Crippen molar-refractivity contribution in [3.05, 3.63) is 75.8 Å². The number of nitro groups is 1. The molecule has 0 bridgehead atoms. The Hall–Kier alpha value is -2.20. The van der Waals surface area contributed by atoms with Gasteiger partial charge in [-0.05, 0) is 30.5 Å². The first-order valence-electron chi connectivity index (χ1n) is 9.61. The van der Waals surface area contributed by atoms with Crippen LogP contribution in [0.1, 0.15) is 24.0 Å². The second kappa shape index (κ2) is 11.7. The standard InChI is InChI=1S/C21H27N5O2.HI/c1-22-21(23-14-17-9-11-19(12-10-17)26(27)28)24-15-20-8-5-13-25(20)16-18-6-3-2-4-7-18;/h2-4,6-7,9-12,20H,5,8,13-16H2,1H3,(H2,22,23,24);1H. The third-order valence-electron chi connectivity index (χ3n) is 5.06. The second-order valence-corrected chi connectivity index (χ2v) is 6.98. The van der Waals surface area contributed by atoms with E-state index in [4.69, 9.17) is 0 Å². The van der Waals surface area contributed by atoms with Gasteiger partial charge < -0.3 is 10.6 Å². The van der Waals surface area contributed by atoms with Crippen molar-refractivity contribution in [3.63, 3.8) is 0 Å². The molecule has 3 rings (SSSR count). The van der Waals surface area contributed by atoms with E-state index < -0.39 is 0 Å². The monoisotopic (exact) mass is 509 g/mol. The van der Waals surface area contributed by atoms with E-state index in [1.807, 2.05) is 6.07 Å². The van der Waals surface area contributed by atoms with Crippen LogP contribution in [0, 0.1) is 10.1 Å². The number of hydrogen-bond donors (Lipinski definition) is 2. The fourth-order valence-corrected chi connectivity index (χ4v) is 3.51. The van der Waals surface area contributed by atoms with E-state index in [9.17, 15) is 10.1 Å². The Kier molecular flexibility index (Phi) is 9.33. The lowest BCUT2D eigenvalue weighted by atomic mass is 10.2. The molecule has 0 radical (unpaired) electrons. The lowest BCUT2D eigenvalue weighted by Gasteiger charge is -2.25. The lowest BCUT2D eigenvalue weighted by Crippen LogP contribution is -2.44. The Morgan fingerprint density at radius 3 is 2.52 bits per heavy atom. The van der Waals surface area contributed by atoms with Gasteiger partial charge in [0, 0.05) is 44.9 Å². The van der Waals surface area contributed by atoms with Gasteiger partial charge in [-0.3, -0.25) is 20.0 Å². The minimum absolute atomic E-state index is 0. The summed E-state index contributed by atoms with van der Waals surface area (Å²) in [7, 11) is 1.75. The number of non-ortho nitro benzene ring substituents is 1. The number of nitrogens with zero attached hydrogens (tertiary/aromatic N) is 3. The molecule has 1 unspecified atom stereocenters. The maximum atomic E-state index is 10.7. The lowest BCUT2D eigenvalue weighted by molar-refractivity contribution is -0.384.